The van der Waals surface area contributed by atoms with E-state index in [-0.39, 0.29) is 21.7 Å². The van der Waals surface area contributed by atoms with Gasteiger partial charge >= 0.3 is 0 Å². The molecule has 0 unspecified atom stereocenters. The van der Waals surface area contributed by atoms with Crippen LogP contribution in [0.15, 0.2) is 24.3 Å². The summed E-state index contributed by atoms with van der Waals surface area (Å²) in [6, 6.07) is 10.2. The molecule has 2 N–H and O–H groups in total. The smallest absolute Gasteiger partial charge is 0.123 e. The average molecular weight is 661 g/mol. The summed E-state index contributed by atoms with van der Waals surface area (Å²) in [5.41, 5.74) is 6.61. The Labute approximate surface area is 295 Å². The number of phenolic OH excluding ortho intramolecular Hbond substituents is 2. The number of aromatic hydroxyl groups is 2. The third-order valence-electron chi connectivity index (χ3n) is 11.3. The second kappa shape index (κ2) is 15.1. The second-order valence-electron chi connectivity index (χ2n) is 19.6. The van der Waals surface area contributed by atoms with E-state index in [1.807, 2.05) is 0 Å². The molecule has 0 heterocycles. The maximum Gasteiger partial charge on any atom is 0.123 e. The molecular formula is C44H72N2O2. The van der Waals surface area contributed by atoms with E-state index < -0.39 is 0 Å². The van der Waals surface area contributed by atoms with E-state index in [1.165, 1.54) is 75.3 Å². The van der Waals surface area contributed by atoms with Crippen LogP contribution in [-0.2, 0) is 34.7 Å². The fourth-order valence-corrected chi connectivity index (χ4v) is 8.01. The van der Waals surface area contributed by atoms with Crippen molar-refractivity contribution in [2.24, 2.45) is 0 Å². The lowest BCUT2D eigenvalue weighted by Crippen LogP contribution is -2.45. The Bertz CT molecular complexity index is 1250. The lowest BCUT2D eigenvalue weighted by molar-refractivity contribution is 0.0918. The highest BCUT2D eigenvalue weighted by molar-refractivity contribution is 5.50. The van der Waals surface area contributed by atoms with Gasteiger partial charge in [0.2, 0.25) is 0 Å². The van der Waals surface area contributed by atoms with Gasteiger partial charge in [0.25, 0.3) is 0 Å². The molecule has 4 heteroatoms. The Kier molecular flexibility index (Phi) is 12.2. The summed E-state index contributed by atoms with van der Waals surface area (Å²) in [4.78, 5) is 5.43. The number of phenols is 2. The molecule has 2 fully saturated rings. The van der Waals surface area contributed by atoms with Crippen molar-refractivity contribution in [3.63, 3.8) is 0 Å². The molecule has 2 saturated carbocycles. The highest BCUT2D eigenvalue weighted by Gasteiger charge is 2.31. The molecule has 0 saturated heterocycles. The molecule has 48 heavy (non-hydrogen) atoms. The first-order valence-corrected chi connectivity index (χ1v) is 19.4. The van der Waals surface area contributed by atoms with Crippen molar-refractivity contribution in [3.05, 3.63) is 57.6 Å². The Balaban J connectivity index is 1.71. The Hall–Kier alpha value is -2.04. The van der Waals surface area contributed by atoms with Gasteiger partial charge in [-0.05, 0) is 69.6 Å². The van der Waals surface area contributed by atoms with Crippen LogP contribution in [0.5, 0.6) is 11.5 Å². The molecule has 0 aliphatic heterocycles. The largest absolute Gasteiger partial charge is 0.507 e. The fraction of sp³-hybridized carbons (Fsp3) is 0.727. The molecule has 0 radical (unpaired) electrons. The maximum atomic E-state index is 11.8. The normalized spacial score (nSPS) is 17.9. The molecule has 0 spiro atoms. The van der Waals surface area contributed by atoms with Gasteiger partial charge in [0.15, 0.2) is 0 Å². The predicted molar refractivity (Wildman–Crippen MR) is 206 cm³/mol. The van der Waals surface area contributed by atoms with Crippen molar-refractivity contribution in [1.29, 1.82) is 0 Å². The van der Waals surface area contributed by atoms with Gasteiger partial charge in [-0.15, -0.1) is 0 Å². The third-order valence-corrected chi connectivity index (χ3v) is 11.3. The summed E-state index contributed by atoms with van der Waals surface area (Å²) < 4.78 is 0. The van der Waals surface area contributed by atoms with Crippen molar-refractivity contribution < 1.29 is 10.2 Å². The lowest BCUT2D eigenvalue weighted by Gasteiger charge is -2.40. The number of benzene rings is 2. The molecule has 4 rings (SSSR count). The standard InChI is InChI=1S/C44H72N2O2/c1-41(2,3)33-25-31(39(47)37(27-33)43(7,8)9)29-45(35-19-15-13-16-20-35)23-24-46(36-21-17-14-18-22-36)30-32-26-34(42(4,5)6)28-38(40(32)48)44(10,11)12/h25-28,35-36,47-48H,13-24,29-30H2,1-12H3. The minimum absolute atomic E-state index is 0.00536. The summed E-state index contributed by atoms with van der Waals surface area (Å²) in [6.07, 6.45) is 12.8. The van der Waals surface area contributed by atoms with Gasteiger partial charge in [-0.25, -0.2) is 0 Å². The van der Waals surface area contributed by atoms with Crippen LogP contribution in [0.3, 0.4) is 0 Å². The van der Waals surface area contributed by atoms with E-state index in [4.69, 9.17) is 0 Å². The first kappa shape index (κ1) is 38.8. The SMILES string of the molecule is CC(C)(C)c1cc(CN(CCN(Cc2cc(C(C)(C)C)cc(C(C)(C)C)c2O)C2CCCCC2)C2CCCCC2)c(O)c(C(C)(C)C)c1. The van der Waals surface area contributed by atoms with E-state index in [0.717, 1.165) is 48.4 Å². The van der Waals surface area contributed by atoms with E-state index in [2.05, 4.69) is 117 Å². The zero-order valence-corrected chi connectivity index (χ0v) is 33.2. The topological polar surface area (TPSA) is 46.9 Å². The molecule has 0 atom stereocenters. The van der Waals surface area contributed by atoms with Gasteiger partial charge in [-0.3, -0.25) is 9.80 Å². The first-order valence-electron chi connectivity index (χ1n) is 19.4. The Morgan fingerprint density at radius 3 is 1.06 bits per heavy atom. The van der Waals surface area contributed by atoms with Gasteiger partial charge in [0, 0.05) is 49.4 Å². The van der Waals surface area contributed by atoms with Gasteiger partial charge in [-0.2, -0.15) is 0 Å². The summed E-state index contributed by atoms with van der Waals surface area (Å²) in [6.45, 7) is 30.5. The number of nitrogens with zero attached hydrogens (tertiary/aromatic N) is 2. The molecule has 0 amide bonds. The number of hydrogen-bond donors (Lipinski definition) is 2. The Morgan fingerprint density at radius 2 is 0.792 bits per heavy atom. The van der Waals surface area contributed by atoms with Crippen molar-refractivity contribution in [2.75, 3.05) is 13.1 Å². The molecule has 2 aromatic carbocycles. The van der Waals surface area contributed by atoms with Crippen LogP contribution in [0, 0.1) is 0 Å². The summed E-state index contributed by atoms with van der Waals surface area (Å²) in [5.74, 6) is 0.971. The van der Waals surface area contributed by atoms with Crippen LogP contribution in [0.25, 0.3) is 0 Å². The van der Waals surface area contributed by atoms with Gasteiger partial charge in [0.05, 0.1) is 0 Å². The minimum atomic E-state index is -0.136. The van der Waals surface area contributed by atoms with Crippen LogP contribution >= 0.6 is 0 Å². The van der Waals surface area contributed by atoms with Crippen LogP contribution in [0.2, 0.25) is 0 Å². The molecule has 0 bridgehead atoms. The average Bonchev–Trinajstić information content (AvgIpc) is 2.98. The zero-order valence-electron chi connectivity index (χ0n) is 33.2. The van der Waals surface area contributed by atoms with Crippen LogP contribution in [-0.4, -0.2) is 45.2 Å². The van der Waals surface area contributed by atoms with E-state index in [1.54, 1.807) is 0 Å². The molecular weight excluding hydrogens is 588 g/mol. The molecule has 2 aliphatic rings. The lowest BCUT2D eigenvalue weighted by atomic mass is 9.78. The van der Waals surface area contributed by atoms with Crippen molar-refractivity contribution in [1.82, 2.24) is 9.80 Å². The Morgan fingerprint density at radius 1 is 0.479 bits per heavy atom. The highest BCUT2D eigenvalue weighted by atomic mass is 16.3. The molecule has 2 aliphatic carbocycles. The van der Waals surface area contributed by atoms with E-state index in [9.17, 15) is 10.2 Å². The zero-order chi connectivity index (χ0) is 35.7. The van der Waals surface area contributed by atoms with Crippen LogP contribution in [0.1, 0.15) is 181 Å². The quantitative estimate of drug-likeness (QED) is 0.281. The highest BCUT2D eigenvalue weighted by Crippen LogP contribution is 2.41. The fourth-order valence-electron chi connectivity index (χ4n) is 8.01. The van der Waals surface area contributed by atoms with Crippen LogP contribution < -0.4 is 0 Å². The minimum Gasteiger partial charge on any atom is -0.507 e. The monoisotopic (exact) mass is 661 g/mol. The van der Waals surface area contributed by atoms with Crippen molar-refractivity contribution >= 4 is 0 Å². The summed E-state index contributed by atoms with van der Waals surface area (Å²) in [5, 5.41) is 23.6. The molecule has 270 valence electrons. The maximum absolute atomic E-state index is 11.8. The number of rotatable bonds is 9. The third kappa shape index (κ3) is 9.81. The predicted octanol–water partition coefficient (Wildman–Crippen LogP) is 11.3. The van der Waals surface area contributed by atoms with E-state index in [0.29, 0.717) is 23.6 Å². The van der Waals surface area contributed by atoms with Gasteiger partial charge in [-0.1, -0.05) is 146 Å². The van der Waals surface area contributed by atoms with Gasteiger partial charge < -0.3 is 10.2 Å². The van der Waals surface area contributed by atoms with Crippen molar-refractivity contribution in [2.45, 2.75) is 194 Å². The van der Waals surface area contributed by atoms with Crippen molar-refractivity contribution in [3.8, 4) is 11.5 Å². The second-order valence-corrected chi connectivity index (χ2v) is 19.6. The first-order chi connectivity index (χ1) is 22.2. The van der Waals surface area contributed by atoms with Gasteiger partial charge in [0.1, 0.15) is 11.5 Å². The van der Waals surface area contributed by atoms with E-state index >= 15 is 0 Å². The summed E-state index contributed by atoms with van der Waals surface area (Å²) in [7, 11) is 0. The number of hydrogen-bond acceptors (Lipinski definition) is 4. The molecule has 0 aromatic heterocycles. The summed E-state index contributed by atoms with van der Waals surface area (Å²) >= 11 is 0. The molecule has 2 aromatic rings. The van der Waals surface area contributed by atoms with Crippen LogP contribution in [0.4, 0.5) is 0 Å². The molecule has 4 nitrogen and oxygen atoms in total.